The van der Waals surface area contributed by atoms with Crippen LogP contribution in [0.1, 0.15) is 49.2 Å². The second-order valence-electron chi connectivity index (χ2n) is 5.21. The van der Waals surface area contributed by atoms with E-state index >= 15 is 0 Å². The average molecular weight is 275 g/mol. The fourth-order valence-corrected chi connectivity index (χ4v) is 2.48. The van der Waals surface area contributed by atoms with Crippen LogP contribution in [0.5, 0.6) is 0 Å². The highest BCUT2D eigenvalue weighted by Crippen LogP contribution is 2.23. The fraction of sp³-hybridized carbons (Fsp3) is 0.438. The van der Waals surface area contributed by atoms with Gasteiger partial charge in [-0.1, -0.05) is 19.1 Å². The van der Waals surface area contributed by atoms with Crippen LogP contribution in [-0.2, 0) is 7.05 Å². The largest absolute Gasteiger partial charge is 0.303 e. The third kappa shape index (κ3) is 3.07. The number of aromatic nitrogens is 2. The van der Waals surface area contributed by atoms with Crippen LogP contribution < -0.4 is 5.32 Å². The molecule has 0 bridgehead atoms. The summed E-state index contributed by atoms with van der Waals surface area (Å²) in [5, 5.41) is 7.88. The maximum Gasteiger partial charge on any atom is 0.123 e. The van der Waals surface area contributed by atoms with Gasteiger partial charge in [-0.25, -0.2) is 4.39 Å². The van der Waals surface area contributed by atoms with Crippen molar-refractivity contribution in [3.05, 3.63) is 53.1 Å². The van der Waals surface area contributed by atoms with E-state index in [1.165, 1.54) is 23.4 Å². The molecular weight excluding hydrogens is 253 g/mol. The normalized spacial score (nSPS) is 14.2. The van der Waals surface area contributed by atoms with Crippen molar-refractivity contribution in [2.75, 3.05) is 0 Å². The lowest BCUT2D eigenvalue weighted by Gasteiger charge is -2.22. The molecule has 2 unspecified atom stereocenters. The Morgan fingerprint density at radius 2 is 1.95 bits per heavy atom. The summed E-state index contributed by atoms with van der Waals surface area (Å²) in [4.78, 5) is 0. The van der Waals surface area contributed by atoms with Gasteiger partial charge in [0.2, 0.25) is 0 Å². The first-order valence-corrected chi connectivity index (χ1v) is 7.03. The van der Waals surface area contributed by atoms with Crippen molar-refractivity contribution in [1.29, 1.82) is 0 Å². The van der Waals surface area contributed by atoms with Gasteiger partial charge in [0.05, 0.1) is 6.20 Å². The molecular formula is C16H22FN3. The monoisotopic (exact) mass is 275 g/mol. The van der Waals surface area contributed by atoms with E-state index in [0.29, 0.717) is 0 Å². The highest BCUT2D eigenvalue weighted by atomic mass is 19.1. The third-order valence-electron chi connectivity index (χ3n) is 3.87. The summed E-state index contributed by atoms with van der Waals surface area (Å²) in [5.41, 5.74) is 3.48. The molecule has 0 spiro atoms. The summed E-state index contributed by atoms with van der Waals surface area (Å²) in [7, 11) is 1.95. The van der Waals surface area contributed by atoms with Crippen molar-refractivity contribution in [2.24, 2.45) is 7.05 Å². The molecule has 1 aromatic carbocycles. The predicted molar refractivity (Wildman–Crippen MR) is 78.9 cm³/mol. The van der Waals surface area contributed by atoms with Crippen LogP contribution in [0, 0.1) is 12.7 Å². The van der Waals surface area contributed by atoms with Gasteiger partial charge in [0.25, 0.3) is 0 Å². The minimum Gasteiger partial charge on any atom is -0.303 e. The topological polar surface area (TPSA) is 29.9 Å². The molecule has 0 aliphatic carbocycles. The molecule has 0 saturated carbocycles. The van der Waals surface area contributed by atoms with Crippen LogP contribution in [0.15, 0.2) is 30.5 Å². The number of halogens is 1. The van der Waals surface area contributed by atoms with Crippen molar-refractivity contribution in [3.63, 3.8) is 0 Å². The molecule has 0 fully saturated rings. The van der Waals surface area contributed by atoms with E-state index in [9.17, 15) is 4.39 Å². The Balaban J connectivity index is 2.14. The van der Waals surface area contributed by atoms with Gasteiger partial charge in [0.1, 0.15) is 5.82 Å². The number of aryl methyl sites for hydroxylation is 1. The van der Waals surface area contributed by atoms with E-state index in [2.05, 4.69) is 31.2 Å². The molecule has 1 N–H and O–H groups in total. The van der Waals surface area contributed by atoms with Crippen molar-refractivity contribution in [2.45, 2.75) is 39.3 Å². The number of nitrogens with zero attached hydrogens (tertiary/aromatic N) is 2. The molecule has 0 saturated heterocycles. The zero-order chi connectivity index (χ0) is 14.7. The smallest absolute Gasteiger partial charge is 0.123 e. The summed E-state index contributed by atoms with van der Waals surface area (Å²) in [5.74, 6) is -0.195. The number of hydrogen-bond donors (Lipinski definition) is 1. The second kappa shape index (κ2) is 6.18. The van der Waals surface area contributed by atoms with Gasteiger partial charge in [-0.3, -0.25) is 4.68 Å². The molecule has 0 aliphatic heterocycles. The Hall–Kier alpha value is -1.68. The van der Waals surface area contributed by atoms with Crippen LogP contribution in [0.25, 0.3) is 0 Å². The van der Waals surface area contributed by atoms with Gasteiger partial charge in [-0.15, -0.1) is 0 Å². The fourth-order valence-electron chi connectivity index (χ4n) is 2.48. The number of rotatable bonds is 5. The molecule has 4 heteroatoms. The lowest BCUT2D eigenvalue weighted by Crippen LogP contribution is -2.24. The van der Waals surface area contributed by atoms with Crippen molar-refractivity contribution < 1.29 is 4.39 Å². The quantitative estimate of drug-likeness (QED) is 0.902. The molecule has 2 aromatic rings. The maximum absolute atomic E-state index is 13.0. The van der Waals surface area contributed by atoms with Gasteiger partial charge in [0, 0.05) is 30.4 Å². The summed E-state index contributed by atoms with van der Waals surface area (Å²) < 4.78 is 14.9. The molecule has 1 aromatic heterocycles. The average Bonchev–Trinajstić information content (AvgIpc) is 2.77. The molecule has 20 heavy (non-hydrogen) atoms. The van der Waals surface area contributed by atoms with Crippen LogP contribution in [0.2, 0.25) is 0 Å². The summed E-state index contributed by atoms with van der Waals surface area (Å²) in [6.45, 7) is 6.33. The van der Waals surface area contributed by atoms with E-state index < -0.39 is 0 Å². The molecule has 2 rings (SSSR count). The first kappa shape index (κ1) is 14.7. The Bertz CT molecular complexity index is 560. The Kier molecular flexibility index (Phi) is 4.55. The van der Waals surface area contributed by atoms with E-state index in [4.69, 9.17) is 0 Å². The minimum atomic E-state index is -0.195. The van der Waals surface area contributed by atoms with Crippen molar-refractivity contribution in [3.8, 4) is 0 Å². The summed E-state index contributed by atoms with van der Waals surface area (Å²) >= 11 is 0. The van der Waals surface area contributed by atoms with Gasteiger partial charge in [-0.2, -0.15) is 5.10 Å². The SMILES string of the molecule is CCC(NC(C)c1cnn(C)c1C)c1ccc(F)cc1. The van der Waals surface area contributed by atoms with Crippen molar-refractivity contribution >= 4 is 0 Å². The number of hydrogen-bond acceptors (Lipinski definition) is 2. The van der Waals surface area contributed by atoms with E-state index in [-0.39, 0.29) is 17.9 Å². The first-order chi connectivity index (χ1) is 9.52. The molecule has 0 radical (unpaired) electrons. The van der Waals surface area contributed by atoms with Crippen LogP contribution in [0.3, 0.4) is 0 Å². The lowest BCUT2D eigenvalue weighted by atomic mass is 10.0. The number of nitrogens with one attached hydrogen (secondary N) is 1. The summed E-state index contributed by atoms with van der Waals surface area (Å²) in [6, 6.07) is 7.14. The first-order valence-electron chi connectivity index (χ1n) is 7.03. The number of benzene rings is 1. The Morgan fingerprint density at radius 1 is 1.30 bits per heavy atom. The van der Waals surface area contributed by atoms with Gasteiger partial charge >= 0.3 is 0 Å². The van der Waals surface area contributed by atoms with Crippen LogP contribution in [-0.4, -0.2) is 9.78 Å². The summed E-state index contributed by atoms with van der Waals surface area (Å²) in [6.07, 6.45) is 2.86. The highest BCUT2D eigenvalue weighted by Gasteiger charge is 2.17. The molecule has 108 valence electrons. The molecule has 0 amide bonds. The lowest BCUT2D eigenvalue weighted by molar-refractivity contribution is 0.454. The van der Waals surface area contributed by atoms with Crippen molar-refractivity contribution in [1.82, 2.24) is 15.1 Å². The van der Waals surface area contributed by atoms with Gasteiger partial charge in [-0.05, 0) is 38.0 Å². The van der Waals surface area contributed by atoms with Gasteiger partial charge < -0.3 is 5.32 Å². The van der Waals surface area contributed by atoms with Crippen LogP contribution in [0.4, 0.5) is 4.39 Å². The standard InChI is InChI=1S/C16H22FN3/c1-5-16(13-6-8-14(17)9-7-13)19-11(2)15-10-18-20(4)12(15)3/h6-11,16,19H,5H2,1-4H3. The molecule has 1 heterocycles. The second-order valence-corrected chi connectivity index (χ2v) is 5.21. The highest BCUT2D eigenvalue weighted by molar-refractivity contribution is 5.23. The molecule has 2 atom stereocenters. The van der Waals surface area contributed by atoms with Gasteiger partial charge in [0.15, 0.2) is 0 Å². The van der Waals surface area contributed by atoms with E-state index in [0.717, 1.165) is 12.0 Å². The van der Waals surface area contributed by atoms with Crippen LogP contribution >= 0.6 is 0 Å². The van der Waals surface area contributed by atoms with E-state index in [1.807, 2.05) is 30.1 Å². The Labute approximate surface area is 119 Å². The third-order valence-corrected chi connectivity index (χ3v) is 3.87. The molecule has 0 aliphatic rings. The predicted octanol–water partition coefficient (Wildman–Crippen LogP) is 3.67. The minimum absolute atomic E-state index is 0.195. The maximum atomic E-state index is 13.0. The zero-order valence-corrected chi connectivity index (χ0v) is 12.5. The Morgan fingerprint density at radius 3 is 2.45 bits per heavy atom. The molecule has 3 nitrogen and oxygen atoms in total. The van der Waals surface area contributed by atoms with E-state index in [1.54, 1.807) is 0 Å². The zero-order valence-electron chi connectivity index (χ0n) is 12.5.